The van der Waals surface area contributed by atoms with Gasteiger partial charge >= 0.3 is 29.6 Å². The summed E-state index contributed by atoms with van der Waals surface area (Å²) in [5.74, 6) is 0.142. The van der Waals surface area contributed by atoms with Crippen LogP contribution in [0.5, 0.6) is 5.75 Å². The van der Waals surface area contributed by atoms with Crippen LogP contribution in [0.2, 0.25) is 0 Å². The minimum Gasteiger partial charge on any atom is -0.872 e. The van der Waals surface area contributed by atoms with E-state index in [0.717, 1.165) is 11.1 Å². The third-order valence-electron chi connectivity index (χ3n) is 1.79. The van der Waals surface area contributed by atoms with Gasteiger partial charge in [0, 0.05) is 0 Å². The van der Waals surface area contributed by atoms with E-state index in [1.54, 1.807) is 6.07 Å². The van der Waals surface area contributed by atoms with Gasteiger partial charge in [-0.2, -0.15) is 0 Å². The van der Waals surface area contributed by atoms with E-state index in [2.05, 4.69) is 0 Å². The van der Waals surface area contributed by atoms with Crippen LogP contribution in [0, 0.1) is 20.8 Å². The molecule has 0 N–H and O–H groups in total. The first-order valence-electron chi connectivity index (χ1n) is 3.36. The standard InChI is InChI=1S/C9H12O.Na/c1-6-4-8(3)9(10)5-7(6)2;/h4-5,10H,1-3H3;/q;+1/p-1. The Morgan fingerprint density at radius 1 is 0.909 bits per heavy atom. The third-order valence-corrected chi connectivity index (χ3v) is 1.79. The van der Waals surface area contributed by atoms with E-state index in [1.807, 2.05) is 26.8 Å². The van der Waals surface area contributed by atoms with E-state index in [9.17, 15) is 5.11 Å². The van der Waals surface area contributed by atoms with Crippen molar-refractivity contribution in [1.29, 1.82) is 0 Å². The monoisotopic (exact) mass is 158 g/mol. The van der Waals surface area contributed by atoms with E-state index < -0.39 is 0 Å². The Bertz CT molecular complexity index is 206. The topological polar surface area (TPSA) is 23.1 Å². The summed E-state index contributed by atoms with van der Waals surface area (Å²) < 4.78 is 0. The Morgan fingerprint density at radius 2 is 1.36 bits per heavy atom. The molecule has 0 saturated carbocycles. The molecule has 1 aromatic rings. The summed E-state index contributed by atoms with van der Waals surface area (Å²) in [5, 5.41) is 11.0. The predicted octanol–water partition coefficient (Wildman–Crippen LogP) is -1.31. The molecule has 1 rings (SSSR count). The van der Waals surface area contributed by atoms with Crippen molar-refractivity contribution in [3.05, 3.63) is 28.8 Å². The van der Waals surface area contributed by atoms with Crippen molar-refractivity contribution < 1.29 is 34.7 Å². The predicted molar refractivity (Wildman–Crippen MR) is 40.1 cm³/mol. The number of benzene rings is 1. The van der Waals surface area contributed by atoms with Gasteiger partial charge in [-0.25, -0.2) is 0 Å². The molecule has 0 aliphatic rings. The molecule has 0 radical (unpaired) electrons. The van der Waals surface area contributed by atoms with Crippen molar-refractivity contribution in [3.8, 4) is 5.75 Å². The molecule has 0 unspecified atom stereocenters. The van der Waals surface area contributed by atoms with Crippen molar-refractivity contribution >= 4 is 0 Å². The normalized spacial score (nSPS) is 9.00. The van der Waals surface area contributed by atoms with Crippen LogP contribution in [0.4, 0.5) is 0 Å². The van der Waals surface area contributed by atoms with Gasteiger partial charge in [-0.3, -0.25) is 0 Å². The van der Waals surface area contributed by atoms with Crippen LogP contribution in [-0.4, -0.2) is 0 Å². The number of hydrogen-bond donors (Lipinski definition) is 0. The van der Waals surface area contributed by atoms with Gasteiger partial charge in [0.05, 0.1) is 0 Å². The molecule has 11 heavy (non-hydrogen) atoms. The van der Waals surface area contributed by atoms with Crippen molar-refractivity contribution in [2.24, 2.45) is 0 Å². The van der Waals surface area contributed by atoms with Gasteiger partial charge in [0.2, 0.25) is 0 Å². The Labute approximate surface area is 89.7 Å². The molecular weight excluding hydrogens is 147 g/mol. The summed E-state index contributed by atoms with van der Waals surface area (Å²) in [7, 11) is 0. The first-order chi connectivity index (χ1) is 4.61. The quantitative estimate of drug-likeness (QED) is 0.430. The zero-order chi connectivity index (χ0) is 7.72. The van der Waals surface area contributed by atoms with Crippen molar-refractivity contribution in [1.82, 2.24) is 0 Å². The molecule has 0 aliphatic carbocycles. The Kier molecular flexibility index (Phi) is 4.16. The maximum atomic E-state index is 11.0. The summed E-state index contributed by atoms with van der Waals surface area (Å²) in [6, 6.07) is 3.61. The summed E-state index contributed by atoms with van der Waals surface area (Å²) >= 11 is 0. The molecule has 0 heterocycles. The largest absolute Gasteiger partial charge is 1.00 e. The molecule has 0 fully saturated rings. The first-order valence-corrected chi connectivity index (χ1v) is 3.36. The molecule has 0 saturated heterocycles. The third kappa shape index (κ3) is 2.51. The van der Waals surface area contributed by atoms with Crippen LogP contribution in [-0.2, 0) is 0 Å². The fourth-order valence-corrected chi connectivity index (χ4v) is 0.934. The van der Waals surface area contributed by atoms with Crippen molar-refractivity contribution in [3.63, 3.8) is 0 Å². The van der Waals surface area contributed by atoms with E-state index in [-0.39, 0.29) is 35.3 Å². The molecule has 0 atom stereocenters. The van der Waals surface area contributed by atoms with E-state index in [4.69, 9.17) is 0 Å². The van der Waals surface area contributed by atoms with Gasteiger partial charge in [-0.15, -0.1) is 5.75 Å². The van der Waals surface area contributed by atoms with Crippen molar-refractivity contribution in [2.75, 3.05) is 0 Å². The van der Waals surface area contributed by atoms with Gasteiger partial charge in [-0.1, -0.05) is 17.7 Å². The van der Waals surface area contributed by atoms with Crippen molar-refractivity contribution in [2.45, 2.75) is 20.8 Å². The second-order valence-electron chi connectivity index (χ2n) is 2.70. The first kappa shape index (κ1) is 11.0. The molecule has 0 aliphatic heterocycles. The number of hydrogen-bond acceptors (Lipinski definition) is 1. The van der Waals surface area contributed by atoms with Gasteiger partial charge in [0.25, 0.3) is 0 Å². The van der Waals surface area contributed by atoms with Crippen LogP contribution in [0.1, 0.15) is 16.7 Å². The molecule has 1 aromatic carbocycles. The average Bonchev–Trinajstić information content (AvgIpc) is 1.84. The summed E-state index contributed by atoms with van der Waals surface area (Å²) in [5.41, 5.74) is 3.11. The Hall–Kier alpha value is 0.0200. The van der Waals surface area contributed by atoms with Crippen LogP contribution in [0.3, 0.4) is 0 Å². The fourth-order valence-electron chi connectivity index (χ4n) is 0.934. The number of rotatable bonds is 0. The molecule has 2 heteroatoms. The Morgan fingerprint density at radius 3 is 1.82 bits per heavy atom. The summed E-state index contributed by atoms with van der Waals surface area (Å²) in [6.07, 6.45) is 0. The second kappa shape index (κ2) is 4.15. The van der Waals surface area contributed by atoms with Crippen LogP contribution >= 0.6 is 0 Å². The van der Waals surface area contributed by atoms with E-state index in [0.29, 0.717) is 0 Å². The minimum absolute atomic E-state index is 0. The van der Waals surface area contributed by atoms with E-state index in [1.165, 1.54) is 5.56 Å². The van der Waals surface area contributed by atoms with Crippen LogP contribution in [0.25, 0.3) is 0 Å². The summed E-state index contributed by atoms with van der Waals surface area (Å²) in [4.78, 5) is 0. The van der Waals surface area contributed by atoms with Crippen LogP contribution < -0.4 is 34.7 Å². The molecule has 0 aromatic heterocycles. The SMILES string of the molecule is Cc1cc(C)c([O-])cc1C.[Na+]. The van der Waals surface area contributed by atoms with Gasteiger partial charge in [-0.05, 0) is 31.9 Å². The second-order valence-corrected chi connectivity index (χ2v) is 2.70. The Balaban J connectivity index is 0.000001000. The fraction of sp³-hybridized carbons (Fsp3) is 0.333. The molecule has 0 amide bonds. The zero-order valence-electron chi connectivity index (χ0n) is 7.56. The maximum Gasteiger partial charge on any atom is 1.00 e. The minimum atomic E-state index is 0. The smallest absolute Gasteiger partial charge is 0.872 e. The molecule has 1 nitrogen and oxygen atoms in total. The van der Waals surface area contributed by atoms with Crippen LogP contribution in [0.15, 0.2) is 12.1 Å². The molecule has 54 valence electrons. The summed E-state index contributed by atoms with van der Waals surface area (Å²) in [6.45, 7) is 5.81. The van der Waals surface area contributed by atoms with E-state index >= 15 is 0 Å². The zero-order valence-corrected chi connectivity index (χ0v) is 9.56. The molecule has 0 bridgehead atoms. The van der Waals surface area contributed by atoms with Gasteiger partial charge in [0.1, 0.15) is 0 Å². The average molecular weight is 158 g/mol. The van der Waals surface area contributed by atoms with Gasteiger partial charge < -0.3 is 5.11 Å². The van der Waals surface area contributed by atoms with Gasteiger partial charge in [0.15, 0.2) is 0 Å². The molecular formula is C9H11NaO. The maximum absolute atomic E-state index is 11.0. The molecule has 0 spiro atoms. The number of aryl methyl sites for hydroxylation is 3.